The number of nitrogens with zero attached hydrogens (tertiary/aromatic N) is 2. The van der Waals surface area contributed by atoms with Crippen LogP contribution in [0.25, 0.3) is 0 Å². The first-order valence-corrected chi connectivity index (χ1v) is 4.16. The summed E-state index contributed by atoms with van der Waals surface area (Å²) >= 11 is 0. The molecule has 1 aromatic heterocycles. The van der Waals surface area contributed by atoms with Gasteiger partial charge in [0, 0.05) is 24.5 Å². The fraction of sp³-hybridized carbons (Fsp3) is 0.222. The Balaban J connectivity index is 2.53. The van der Waals surface area contributed by atoms with Gasteiger partial charge in [-0.25, -0.2) is 10.2 Å². The predicted molar refractivity (Wildman–Crippen MR) is 53.8 cm³/mol. The molecule has 3 N–H and O–H groups in total. The zero-order valence-electron chi connectivity index (χ0n) is 7.90. The average Bonchev–Trinajstić information content (AvgIpc) is 2.16. The van der Waals surface area contributed by atoms with E-state index in [0.29, 0.717) is 6.42 Å². The highest BCUT2D eigenvalue weighted by molar-refractivity contribution is 5.85. The number of primary amides is 1. The number of carbonyl (C=O) groups excluding carboxylic acids is 1. The smallest absolute Gasteiger partial charge is 0.332 e. The molecule has 0 aliphatic carbocycles. The Morgan fingerprint density at radius 1 is 1.57 bits per heavy atom. The molecule has 5 heteroatoms. The van der Waals surface area contributed by atoms with Crippen molar-refractivity contribution >= 4 is 11.7 Å². The number of hydrazone groups is 1. The Hall–Kier alpha value is -1.91. The molecule has 14 heavy (non-hydrogen) atoms. The number of nitrogens with one attached hydrogen (secondary N) is 1. The predicted octanol–water partition coefficient (Wildman–Crippen LogP) is 0.668. The van der Waals surface area contributed by atoms with Crippen molar-refractivity contribution in [1.29, 1.82) is 0 Å². The van der Waals surface area contributed by atoms with Crippen molar-refractivity contribution in [2.75, 3.05) is 0 Å². The van der Waals surface area contributed by atoms with Gasteiger partial charge in [-0.3, -0.25) is 4.98 Å². The van der Waals surface area contributed by atoms with E-state index in [9.17, 15) is 4.79 Å². The number of carbonyl (C=O) groups is 1. The van der Waals surface area contributed by atoms with Gasteiger partial charge < -0.3 is 5.73 Å². The minimum atomic E-state index is -0.654. The molecule has 1 heterocycles. The third kappa shape index (κ3) is 3.66. The topological polar surface area (TPSA) is 80.4 Å². The summed E-state index contributed by atoms with van der Waals surface area (Å²) in [6.07, 6.45) is 4.09. The molecule has 0 saturated carbocycles. The second kappa shape index (κ2) is 4.96. The lowest BCUT2D eigenvalue weighted by molar-refractivity contribution is 0.249. The van der Waals surface area contributed by atoms with Crippen LogP contribution in [0.4, 0.5) is 4.79 Å². The minimum Gasteiger partial charge on any atom is -0.350 e. The second-order valence-electron chi connectivity index (χ2n) is 2.86. The molecule has 74 valence electrons. The number of pyridine rings is 1. The molecule has 5 nitrogen and oxygen atoms in total. The van der Waals surface area contributed by atoms with Crippen LogP contribution in [0.2, 0.25) is 0 Å². The van der Waals surface area contributed by atoms with Crippen LogP contribution in [0.5, 0.6) is 0 Å². The third-order valence-electron chi connectivity index (χ3n) is 1.57. The van der Waals surface area contributed by atoms with Gasteiger partial charge in [0.15, 0.2) is 0 Å². The van der Waals surface area contributed by atoms with Crippen molar-refractivity contribution in [1.82, 2.24) is 10.4 Å². The third-order valence-corrected chi connectivity index (χ3v) is 1.57. The number of aromatic nitrogens is 1. The highest BCUT2D eigenvalue weighted by Gasteiger charge is 1.95. The Bertz CT molecular complexity index is 334. The van der Waals surface area contributed by atoms with E-state index in [4.69, 9.17) is 5.73 Å². The number of hydrogen-bond acceptors (Lipinski definition) is 3. The minimum absolute atomic E-state index is 0.654. The lowest BCUT2D eigenvalue weighted by Gasteiger charge is -2.00. The second-order valence-corrected chi connectivity index (χ2v) is 2.86. The van der Waals surface area contributed by atoms with Crippen molar-refractivity contribution in [2.45, 2.75) is 13.3 Å². The molecule has 0 fully saturated rings. The van der Waals surface area contributed by atoms with Crippen molar-refractivity contribution in [3.8, 4) is 0 Å². The maximum atomic E-state index is 10.4. The van der Waals surface area contributed by atoms with Crippen molar-refractivity contribution in [3.05, 3.63) is 30.1 Å². The Labute approximate surface area is 82.0 Å². The van der Waals surface area contributed by atoms with Crippen molar-refractivity contribution in [2.24, 2.45) is 10.8 Å². The molecule has 0 aromatic carbocycles. The van der Waals surface area contributed by atoms with Crippen LogP contribution >= 0.6 is 0 Å². The standard InChI is InChI=1S/C9H12N4O/c1-7(12-13-9(10)14)6-8-2-4-11-5-3-8/h2-5H,6H2,1H3,(H3,10,13,14)/b12-7-. The van der Waals surface area contributed by atoms with Crippen molar-refractivity contribution < 1.29 is 4.79 Å². The van der Waals surface area contributed by atoms with Gasteiger partial charge in [-0.1, -0.05) is 0 Å². The molecule has 0 unspecified atom stereocenters. The van der Waals surface area contributed by atoms with Gasteiger partial charge in [0.05, 0.1) is 0 Å². The summed E-state index contributed by atoms with van der Waals surface area (Å²) < 4.78 is 0. The van der Waals surface area contributed by atoms with Gasteiger partial charge in [0.1, 0.15) is 0 Å². The zero-order valence-corrected chi connectivity index (χ0v) is 7.90. The van der Waals surface area contributed by atoms with E-state index in [1.807, 2.05) is 19.1 Å². The first-order valence-electron chi connectivity index (χ1n) is 4.16. The SMILES string of the molecule is C/C(Cc1ccncc1)=N/NC(N)=O. The molecule has 1 aromatic rings. The van der Waals surface area contributed by atoms with E-state index in [1.165, 1.54) is 0 Å². The summed E-state index contributed by atoms with van der Waals surface area (Å²) in [5, 5.41) is 3.79. The maximum absolute atomic E-state index is 10.4. The largest absolute Gasteiger partial charge is 0.350 e. The van der Waals surface area contributed by atoms with Crippen LogP contribution in [0.1, 0.15) is 12.5 Å². The Morgan fingerprint density at radius 3 is 2.79 bits per heavy atom. The fourth-order valence-corrected chi connectivity index (χ4v) is 0.986. The Kier molecular flexibility index (Phi) is 3.60. The van der Waals surface area contributed by atoms with E-state index >= 15 is 0 Å². The summed E-state index contributed by atoms with van der Waals surface area (Å²) in [5.74, 6) is 0. The van der Waals surface area contributed by atoms with Crippen LogP contribution in [0, 0.1) is 0 Å². The van der Waals surface area contributed by atoms with E-state index in [-0.39, 0.29) is 0 Å². The summed E-state index contributed by atoms with van der Waals surface area (Å²) in [5.41, 5.74) is 8.92. The van der Waals surface area contributed by atoms with Crippen LogP contribution in [-0.2, 0) is 6.42 Å². The van der Waals surface area contributed by atoms with Gasteiger partial charge in [0.25, 0.3) is 0 Å². The maximum Gasteiger partial charge on any atom is 0.332 e. The van der Waals surface area contributed by atoms with Crippen LogP contribution in [-0.4, -0.2) is 16.7 Å². The molecule has 0 bridgehead atoms. The number of urea groups is 1. The highest BCUT2D eigenvalue weighted by Crippen LogP contribution is 1.98. The number of nitrogens with two attached hydrogens (primary N) is 1. The first kappa shape index (κ1) is 10.2. The Morgan fingerprint density at radius 2 is 2.21 bits per heavy atom. The molecule has 0 saturated heterocycles. The molecule has 0 atom stereocenters. The summed E-state index contributed by atoms with van der Waals surface area (Å²) in [6.45, 7) is 1.82. The van der Waals surface area contributed by atoms with Gasteiger partial charge >= 0.3 is 6.03 Å². The zero-order chi connectivity index (χ0) is 10.4. The number of amides is 2. The van der Waals surface area contributed by atoms with Gasteiger partial charge in [0.2, 0.25) is 0 Å². The van der Waals surface area contributed by atoms with Crippen molar-refractivity contribution in [3.63, 3.8) is 0 Å². The summed E-state index contributed by atoms with van der Waals surface area (Å²) in [4.78, 5) is 14.2. The lowest BCUT2D eigenvalue weighted by Crippen LogP contribution is -2.25. The number of rotatable bonds is 3. The van der Waals surface area contributed by atoms with Crippen LogP contribution in [0.3, 0.4) is 0 Å². The van der Waals surface area contributed by atoms with Gasteiger partial charge in [-0.2, -0.15) is 5.10 Å². The number of hydrogen-bond donors (Lipinski definition) is 2. The normalized spacial score (nSPS) is 11.1. The van der Waals surface area contributed by atoms with Crippen LogP contribution in [0.15, 0.2) is 29.6 Å². The molecule has 0 aliphatic rings. The molecule has 2 amide bonds. The monoisotopic (exact) mass is 192 g/mol. The molecular weight excluding hydrogens is 180 g/mol. The molecule has 0 spiro atoms. The van der Waals surface area contributed by atoms with Crippen LogP contribution < -0.4 is 11.2 Å². The van der Waals surface area contributed by atoms with Gasteiger partial charge in [-0.05, 0) is 24.6 Å². The summed E-state index contributed by atoms with van der Waals surface area (Å²) in [7, 11) is 0. The first-order chi connectivity index (χ1) is 6.68. The fourth-order valence-electron chi connectivity index (χ4n) is 0.986. The molecular formula is C9H12N4O. The summed E-state index contributed by atoms with van der Waals surface area (Å²) in [6, 6.07) is 3.13. The van der Waals surface area contributed by atoms with E-state index in [0.717, 1.165) is 11.3 Å². The van der Waals surface area contributed by atoms with E-state index in [2.05, 4.69) is 15.5 Å². The lowest BCUT2D eigenvalue weighted by atomic mass is 10.1. The van der Waals surface area contributed by atoms with Gasteiger partial charge in [-0.15, -0.1) is 0 Å². The average molecular weight is 192 g/mol. The van der Waals surface area contributed by atoms with E-state index in [1.54, 1.807) is 12.4 Å². The highest BCUT2D eigenvalue weighted by atomic mass is 16.2. The van der Waals surface area contributed by atoms with E-state index < -0.39 is 6.03 Å². The quantitative estimate of drug-likeness (QED) is 0.545. The molecule has 0 aliphatic heterocycles. The molecule has 1 rings (SSSR count). The molecule has 0 radical (unpaired) electrons.